The molecule has 1 atom stereocenters. The first kappa shape index (κ1) is 18.0. The van der Waals surface area contributed by atoms with Crippen LogP contribution in [0.2, 0.25) is 0 Å². The Morgan fingerprint density at radius 3 is 2.38 bits per heavy atom. The molecule has 1 unspecified atom stereocenters. The number of benzene rings is 2. The minimum absolute atomic E-state index is 0.0191. The van der Waals surface area contributed by atoms with Crippen LogP contribution in [0.1, 0.15) is 17.2 Å². The molecule has 0 bridgehead atoms. The van der Waals surface area contributed by atoms with E-state index in [-0.39, 0.29) is 12.1 Å². The summed E-state index contributed by atoms with van der Waals surface area (Å²) in [6.45, 7) is 0.891. The number of nitrogens with zero attached hydrogens (tertiary/aromatic N) is 1. The van der Waals surface area contributed by atoms with Gasteiger partial charge in [-0.1, -0.05) is 6.07 Å². The highest BCUT2D eigenvalue weighted by Gasteiger charge is 2.24. The Bertz CT molecular complexity index is 769. The van der Waals surface area contributed by atoms with Gasteiger partial charge in [-0.05, 0) is 36.2 Å². The van der Waals surface area contributed by atoms with Crippen LogP contribution in [-0.4, -0.2) is 33.3 Å². The van der Waals surface area contributed by atoms with Crippen LogP contribution in [0.4, 0.5) is 8.78 Å². The van der Waals surface area contributed by atoms with Crippen LogP contribution < -0.4 is 20.1 Å². The summed E-state index contributed by atoms with van der Waals surface area (Å²) in [5.74, 6) is 0.855. The number of aliphatic imine (C=N–C) groups is 1. The van der Waals surface area contributed by atoms with Crippen molar-refractivity contribution in [1.82, 2.24) is 10.6 Å². The van der Waals surface area contributed by atoms with E-state index in [0.717, 1.165) is 17.1 Å². The SMILES string of the molecule is COc1cc(CCNC2=NCC(c3c(F)cccc3F)N2)cc(OC)c1. The van der Waals surface area contributed by atoms with Crippen molar-refractivity contribution in [2.24, 2.45) is 4.99 Å². The predicted molar refractivity (Wildman–Crippen MR) is 95.8 cm³/mol. The molecule has 7 heteroatoms. The lowest BCUT2D eigenvalue weighted by molar-refractivity contribution is 0.393. The summed E-state index contributed by atoms with van der Waals surface area (Å²) in [7, 11) is 3.21. The summed E-state index contributed by atoms with van der Waals surface area (Å²) >= 11 is 0. The van der Waals surface area contributed by atoms with Gasteiger partial charge in [-0.2, -0.15) is 0 Å². The molecule has 2 aromatic carbocycles. The van der Waals surface area contributed by atoms with Crippen molar-refractivity contribution in [3.63, 3.8) is 0 Å². The summed E-state index contributed by atoms with van der Waals surface area (Å²) in [6, 6.07) is 9.04. The first-order valence-corrected chi connectivity index (χ1v) is 8.31. The summed E-state index contributed by atoms with van der Waals surface area (Å²) in [5, 5.41) is 6.19. The molecule has 1 aliphatic rings. The van der Waals surface area contributed by atoms with E-state index in [2.05, 4.69) is 15.6 Å². The molecule has 2 aromatic rings. The second-order valence-electron chi connectivity index (χ2n) is 5.92. The average Bonchev–Trinajstić information content (AvgIpc) is 3.09. The Morgan fingerprint density at radius 2 is 1.77 bits per heavy atom. The second kappa shape index (κ2) is 8.03. The molecular formula is C19H21F2N3O2. The van der Waals surface area contributed by atoms with Crippen LogP contribution in [0.25, 0.3) is 0 Å². The molecule has 0 fully saturated rings. The number of rotatable bonds is 6. The zero-order chi connectivity index (χ0) is 18.5. The van der Waals surface area contributed by atoms with Crippen LogP contribution in [0.15, 0.2) is 41.4 Å². The predicted octanol–water partition coefficient (Wildman–Crippen LogP) is 2.81. The van der Waals surface area contributed by atoms with Crippen molar-refractivity contribution in [3.05, 3.63) is 59.2 Å². The lowest BCUT2D eigenvalue weighted by Gasteiger charge is -2.15. The van der Waals surface area contributed by atoms with Gasteiger partial charge in [0.25, 0.3) is 0 Å². The Balaban J connectivity index is 1.55. The van der Waals surface area contributed by atoms with Gasteiger partial charge in [0.15, 0.2) is 5.96 Å². The highest BCUT2D eigenvalue weighted by atomic mass is 19.1. The van der Waals surface area contributed by atoms with Crippen molar-refractivity contribution in [2.75, 3.05) is 27.3 Å². The fraction of sp³-hybridized carbons (Fsp3) is 0.316. The molecule has 0 saturated carbocycles. The van der Waals surface area contributed by atoms with E-state index >= 15 is 0 Å². The van der Waals surface area contributed by atoms with E-state index in [9.17, 15) is 8.78 Å². The molecule has 0 radical (unpaired) electrons. The number of methoxy groups -OCH3 is 2. The zero-order valence-electron chi connectivity index (χ0n) is 14.7. The highest BCUT2D eigenvalue weighted by molar-refractivity contribution is 5.82. The number of hydrogen-bond acceptors (Lipinski definition) is 5. The second-order valence-corrected chi connectivity index (χ2v) is 5.92. The van der Waals surface area contributed by atoms with Gasteiger partial charge in [0.1, 0.15) is 23.1 Å². The zero-order valence-corrected chi connectivity index (χ0v) is 14.7. The third-order valence-corrected chi connectivity index (χ3v) is 4.21. The van der Waals surface area contributed by atoms with Crippen LogP contribution in [0.3, 0.4) is 0 Å². The van der Waals surface area contributed by atoms with Gasteiger partial charge in [0.05, 0.1) is 26.8 Å². The Kier molecular flexibility index (Phi) is 5.55. The fourth-order valence-electron chi connectivity index (χ4n) is 2.89. The van der Waals surface area contributed by atoms with E-state index in [1.165, 1.54) is 18.2 Å². The molecule has 3 rings (SSSR count). The topological polar surface area (TPSA) is 54.9 Å². The van der Waals surface area contributed by atoms with E-state index in [4.69, 9.17) is 9.47 Å². The number of ether oxygens (including phenoxy) is 2. The maximum Gasteiger partial charge on any atom is 0.191 e. The maximum absolute atomic E-state index is 13.9. The van der Waals surface area contributed by atoms with Crippen molar-refractivity contribution < 1.29 is 18.3 Å². The highest BCUT2D eigenvalue weighted by Crippen LogP contribution is 2.24. The van der Waals surface area contributed by atoms with E-state index in [1.807, 2.05) is 18.2 Å². The van der Waals surface area contributed by atoms with Gasteiger partial charge in [-0.25, -0.2) is 8.78 Å². The molecule has 138 valence electrons. The van der Waals surface area contributed by atoms with Crippen molar-refractivity contribution in [3.8, 4) is 11.5 Å². The van der Waals surface area contributed by atoms with Crippen molar-refractivity contribution >= 4 is 5.96 Å². The lowest BCUT2D eigenvalue weighted by Crippen LogP contribution is -2.36. The first-order valence-electron chi connectivity index (χ1n) is 8.31. The quantitative estimate of drug-likeness (QED) is 0.831. The number of hydrogen-bond donors (Lipinski definition) is 2. The third kappa shape index (κ3) is 4.04. The molecule has 1 heterocycles. The largest absolute Gasteiger partial charge is 0.497 e. The van der Waals surface area contributed by atoms with Crippen molar-refractivity contribution in [2.45, 2.75) is 12.5 Å². The van der Waals surface area contributed by atoms with Gasteiger partial charge >= 0.3 is 0 Å². The van der Waals surface area contributed by atoms with Gasteiger partial charge in [0, 0.05) is 18.2 Å². The number of halogens is 2. The molecule has 5 nitrogen and oxygen atoms in total. The van der Waals surface area contributed by atoms with Crippen LogP contribution >= 0.6 is 0 Å². The third-order valence-electron chi connectivity index (χ3n) is 4.21. The van der Waals surface area contributed by atoms with Gasteiger partial charge < -0.3 is 20.1 Å². The molecule has 26 heavy (non-hydrogen) atoms. The van der Waals surface area contributed by atoms with Crippen molar-refractivity contribution in [1.29, 1.82) is 0 Å². The Labute approximate surface area is 151 Å². The van der Waals surface area contributed by atoms with Gasteiger partial charge in [0.2, 0.25) is 0 Å². The number of guanidine groups is 1. The van der Waals surface area contributed by atoms with Crippen LogP contribution in [0.5, 0.6) is 11.5 Å². The first-order chi connectivity index (χ1) is 12.6. The monoisotopic (exact) mass is 361 g/mol. The standard InChI is InChI=1S/C19H21F2N3O2/c1-25-13-8-12(9-14(10-13)26-2)6-7-22-19-23-11-17(24-19)18-15(20)4-3-5-16(18)21/h3-5,8-10,17H,6-7,11H2,1-2H3,(H2,22,23,24). The normalized spacial score (nSPS) is 16.0. The lowest BCUT2D eigenvalue weighted by atomic mass is 10.1. The molecular weight excluding hydrogens is 340 g/mol. The van der Waals surface area contributed by atoms with Crippen LogP contribution in [0, 0.1) is 11.6 Å². The van der Waals surface area contributed by atoms with Gasteiger partial charge in [-0.15, -0.1) is 0 Å². The van der Waals surface area contributed by atoms with E-state index in [1.54, 1.807) is 14.2 Å². The van der Waals surface area contributed by atoms with Crippen LogP contribution in [-0.2, 0) is 6.42 Å². The van der Waals surface area contributed by atoms with E-state index < -0.39 is 17.7 Å². The van der Waals surface area contributed by atoms with E-state index in [0.29, 0.717) is 18.9 Å². The summed E-state index contributed by atoms with van der Waals surface area (Å²) < 4.78 is 38.3. The minimum atomic E-state index is -0.567. The maximum atomic E-state index is 13.9. The summed E-state index contributed by atoms with van der Waals surface area (Å²) in [6.07, 6.45) is 0.715. The smallest absolute Gasteiger partial charge is 0.191 e. The summed E-state index contributed by atoms with van der Waals surface area (Å²) in [4.78, 5) is 4.29. The average molecular weight is 361 g/mol. The minimum Gasteiger partial charge on any atom is -0.497 e. The molecule has 1 aliphatic heterocycles. The molecule has 0 aromatic heterocycles. The Morgan fingerprint density at radius 1 is 1.12 bits per heavy atom. The van der Waals surface area contributed by atoms with Gasteiger partial charge in [-0.3, -0.25) is 4.99 Å². The molecule has 0 aliphatic carbocycles. The molecule has 2 N–H and O–H groups in total. The molecule has 0 spiro atoms. The number of nitrogens with one attached hydrogen (secondary N) is 2. The Hall–Kier alpha value is -2.83. The molecule has 0 saturated heterocycles. The fourth-order valence-corrected chi connectivity index (χ4v) is 2.89. The molecule has 0 amide bonds. The summed E-state index contributed by atoms with van der Waals surface area (Å²) in [5.41, 5.74) is 1.06.